The lowest BCUT2D eigenvalue weighted by molar-refractivity contribution is -0.153. The predicted molar refractivity (Wildman–Crippen MR) is 104 cm³/mol. The second kappa shape index (κ2) is 13.1. The standard InChI is InChI=1S/C16H31N7O6/c1-3-29-12(25)11(6-4-8-20-14(17)18)23-16(13(26)27,22-10(2)24)7-5-9-21-15(19)28/h11,23H,3-9H2,1-2H3,(H,22,24)(H,26,27)(H4,17,18,20)(H3,19,21,28)/t11-,16+/m0/s1. The highest BCUT2D eigenvalue weighted by Gasteiger charge is 2.42. The van der Waals surface area contributed by atoms with E-state index in [-0.39, 0.29) is 44.9 Å². The lowest BCUT2D eigenvalue weighted by atomic mass is 10.00. The van der Waals surface area contributed by atoms with Crippen molar-refractivity contribution in [3.63, 3.8) is 0 Å². The summed E-state index contributed by atoms with van der Waals surface area (Å²) in [5.41, 5.74) is 8.22. The smallest absolute Gasteiger partial charge is 0.344 e. The van der Waals surface area contributed by atoms with Gasteiger partial charge in [0.05, 0.1) is 6.61 Å². The van der Waals surface area contributed by atoms with Gasteiger partial charge in [-0.25, -0.2) is 9.59 Å². The maximum atomic E-state index is 12.3. The van der Waals surface area contributed by atoms with Gasteiger partial charge in [-0.15, -0.1) is 0 Å². The molecule has 0 heterocycles. The molecule has 0 aromatic heterocycles. The first kappa shape index (κ1) is 25.9. The molecule has 0 saturated carbocycles. The second-order valence-corrected chi connectivity index (χ2v) is 6.22. The van der Waals surface area contributed by atoms with Gasteiger partial charge in [-0.2, -0.15) is 0 Å². The third kappa shape index (κ3) is 10.7. The Kier molecular flexibility index (Phi) is 11.7. The minimum Gasteiger partial charge on any atom is -0.478 e. The van der Waals surface area contributed by atoms with Crippen LogP contribution in [-0.2, 0) is 19.1 Å². The van der Waals surface area contributed by atoms with Crippen molar-refractivity contribution in [1.82, 2.24) is 21.3 Å². The summed E-state index contributed by atoms with van der Waals surface area (Å²) in [5.74, 6) is -2.93. The van der Waals surface area contributed by atoms with Crippen molar-refractivity contribution in [2.24, 2.45) is 11.5 Å². The third-order valence-electron chi connectivity index (χ3n) is 3.76. The van der Waals surface area contributed by atoms with Crippen molar-refractivity contribution < 1.29 is 29.0 Å². The van der Waals surface area contributed by atoms with Crippen LogP contribution in [0.5, 0.6) is 0 Å². The Morgan fingerprint density at radius 1 is 1.14 bits per heavy atom. The van der Waals surface area contributed by atoms with E-state index < -0.39 is 35.6 Å². The van der Waals surface area contributed by atoms with E-state index in [1.807, 2.05) is 0 Å². The summed E-state index contributed by atoms with van der Waals surface area (Å²) >= 11 is 0. The van der Waals surface area contributed by atoms with Crippen LogP contribution in [0.15, 0.2) is 0 Å². The number of urea groups is 1. The number of ether oxygens (including phenoxy) is 1. The van der Waals surface area contributed by atoms with Gasteiger partial charge in [0.25, 0.3) is 0 Å². The van der Waals surface area contributed by atoms with Gasteiger partial charge in [-0.1, -0.05) is 0 Å². The highest BCUT2D eigenvalue weighted by molar-refractivity contribution is 5.86. The summed E-state index contributed by atoms with van der Waals surface area (Å²) < 4.78 is 5.00. The summed E-state index contributed by atoms with van der Waals surface area (Å²) in [6.45, 7) is 3.22. The number of hydrogen-bond acceptors (Lipinski definition) is 7. The number of aliphatic carboxylic acids is 1. The number of carboxylic acid groups (broad SMARTS) is 1. The van der Waals surface area contributed by atoms with Gasteiger partial charge in [-0.3, -0.25) is 20.3 Å². The van der Waals surface area contributed by atoms with Crippen molar-refractivity contribution in [1.29, 1.82) is 5.41 Å². The Balaban J connectivity index is 5.42. The first-order valence-corrected chi connectivity index (χ1v) is 9.11. The van der Waals surface area contributed by atoms with Gasteiger partial charge in [0.1, 0.15) is 6.04 Å². The first-order valence-electron chi connectivity index (χ1n) is 9.11. The molecule has 0 aliphatic heterocycles. The molecule has 13 nitrogen and oxygen atoms in total. The minimum atomic E-state index is -1.96. The van der Waals surface area contributed by atoms with Gasteiger partial charge in [0.2, 0.25) is 5.91 Å². The number of carbonyl (C=O) groups is 4. The van der Waals surface area contributed by atoms with Crippen LogP contribution in [0.1, 0.15) is 39.5 Å². The average molecular weight is 417 g/mol. The average Bonchev–Trinajstić information content (AvgIpc) is 2.60. The van der Waals surface area contributed by atoms with Crippen LogP contribution in [0.3, 0.4) is 0 Å². The maximum Gasteiger partial charge on any atom is 0.344 e. The van der Waals surface area contributed by atoms with E-state index in [1.165, 1.54) is 0 Å². The minimum absolute atomic E-state index is 0.0816. The number of hydrogen-bond donors (Lipinski definition) is 8. The Labute approximate surface area is 168 Å². The van der Waals surface area contributed by atoms with Crippen molar-refractivity contribution >= 4 is 29.8 Å². The second-order valence-electron chi connectivity index (χ2n) is 6.22. The molecule has 0 rings (SSSR count). The van der Waals surface area contributed by atoms with E-state index in [0.29, 0.717) is 6.42 Å². The molecule has 0 fully saturated rings. The van der Waals surface area contributed by atoms with Crippen molar-refractivity contribution in [3.05, 3.63) is 0 Å². The highest BCUT2D eigenvalue weighted by atomic mass is 16.5. The van der Waals surface area contributed by atoms with Crippen LogP contribution in [0, 0.1) is 5.41 Å². The number of primary amides is 1. The number of esters is 1. The molecule has 3 amide bonds. The fourth-order valence-corrected chi connectivity index (χ4v) is 2.58. The molecule has 0 aromatic rings. The number of nitrogens with one attached hydrogen (secondary N) is 5. The number of nitrogens with two attached hydrogens (primary N) is 2. The predicted octanol–water partition coefficient (Wildman–Crippen LogP) is -1.86. The normalized spacial score (nSPS) is 13.4. The quantitative estimate of drug-likeness (QED) is 0.0520. The Bertz CT molecular complexity index is 600. The SMILES string of the molecule is CCOC(=O)[C@H](CCCNC(=N)N)N[C@@](CCCNC(N)=O)(NC(C)=O)C(=O)O. The van der Waals surface area contributed by atoms with Crippen molar-refractivity contribution in [3.8, 4) is 0 Å². The number of rotatable bonds is 14. The molecule has 0 aliphatic carbocycles. The monoisotopic (exact) mass is 417 g/mol. The molecule has 0 spiro atoms. The maximum absolute atomic E-state index is 12.3. The zero-order valence-electron chi connectivity index (χ0n) is 16.7. The summed E-state index contributed by atoms with van der Waals surface area (Å²) in [4.78, 5) is 46.8. The first-order chi connectivity index (χ1) is 13.5. The zero-order valence-corrected chi connectivity index (χ0v) is 16.7. The van der Waals surface area contributed by atoms with E-state index in [4.69, 9.17) is 21.6 Å². The fourth-order valence-electron chi connectivity index (χ4n) is 2.58. The molecule has 10 N–H and O–H groups in total. The molecular weight excluding hydrogens is 386 g/mol. The fraction of sp³-hybridized carbons (Fsp3) is 0.688. The van der Waals surface area contributed by atoms with E-state index in [0.717, 1.165) is 6.92 Å². The topological polar surface area (TPSA) is 222 Å². The molecule has 0 radical (unpaired) electrons. The van der Waals surface area contributed by atoms with Crippen LogP contribution in [0.4, 0.5) is 4.79 Å². The highest BCUT2D eigenvalue weighted by Crippen LogP contribution is 2.14. The molecular formula is C16H31N7O6. The lowest BCUT2D eigenvalue weighted by Gasteiger charge is -2.34. The van der Waals surface area contributed by atoms with E-state index in [2.05, 4.69) is 21.3 Å². The van der Waals surface area contributed by atoms with Gasteiger partial charge in [-0.05, 0) is 32.6 Å². The van der Waals surface area contributed by atoms with Gasteiger partial charge in [0, 0.05) is 20.0 Å². The van der Waals surface area contributed by atoms with Crippen LogP contribution in [-0.4, -0.2) is 66.3 Å². The zero-order chi connectivity index (χ0) is 22.4. The van der Waals surface area contributed by atoms with Gasteiger partial charge >= 0.3 is 18.0 Å². The van der Waals surface area contributed by atoms with Crippen LogP contribution >= 0.6 is 0 Å². The Hall–Kier alpha value is -3.09. The van der Waals surface area contributed by atoms with E-state index >= 15 is 0 Å². The Morgan fingerprint density at radius 3 is 2.24 bits per heavy atom. The van der Waals surface area contributed by atoms with Crippen LogP contribution < -0.4 is 32.7 Å². The molecule has 2 atom stereocenters. The lowest BCUT2D eigenvalue weighted by Crippen LogP contribution is -2.67. The molecule has 0 saturated heterocycles. The molecule has 13 heteroatoms. The number of carbonyl (C=O) groups excluding carboxylic acids is 3. The molecule has 29 heavy (non-hydrogen) atoms. The molecule has 166 valence electrons. The number of amides is 3. The summed E-state index contributed by atoms with van der Waals surface area (Å²) in [6.07, 6.45) is 0.552. The summed E-state index contributed by atoms with van der Waals surface area (Å²) in [5, 5.41) is 26.9. The molecule has 0 unspecified atom stereocenters. The van der Waals surface area contributed by atoms with Crippen LogP contribution in [0.25, 0.3) is 0 Å². The molecule has 0 aromatic carbocycles. The van der Waals surface area contributed by atoms with Crippen molar-refractivity contribution in [2.45, 2.75) is 51.2 Å². The van der Waals surface area contributed by atoms with E-state index in [9.17, 15) is 24.3 Å². The van der Waals surface area contributed by atoms with Crippen LogP contribution in [0.2, 0.25) is 0 Å². The molecule has 0 aliphatic rings. The summed E-state index contributed by atoms with van der Waals surface area (Å²) in [6, 6.07) is -1.81. The van der Waals surface area contributed by atoms with Gasteiger partial charge in [0.15, 0.2) is 11.6 Å². The number of guanidine groups is 1. The Morgan fingerprint density at radius 2 is 1.76 bits per heavy atom. The summed E-state index contributed by atoms with van der Waals surface area (Å²) in [7, 11) is 0. The number of carboxylic acids is 1. The molecule has 0 bridgehead atoms. The van der Waals surface area contributed by atoms with Crippen molar-refractivity contribution in [2.75, 3.05) is 19.7 Å². The largest absolute Gasteiger partial charge is 0.478 e. The van der Waals surface area contributed by atoms with Gasteiger partial charge < -0.3 is 37.3 Å². The third-order valence-corrected chi connectivity index (χ3v) is 3.76. The van der Waals surface area contributed by atoms with E-state index in [1.54, 1.807) is 6.92 Å².